The van der Waals surface area contributed by atoms with Crippen LogP contribution in [0.2, 0.25) is 0 Å². The van der Waals surface area contributed by atoms with Gasteiger partial charge in [-0.3, -0.25) is 14.7 Å². The van der Waals surface area contributed by atoms with Gasteiger partial charge < -0.3 is 14.2 Å². The highest BCUT2D eigenvalue weighted by molar-refractivity contribution is 5.91. The predicted molar refractivity (Wildman–Crippen MR) is 94.5 cm³/mol. The molecule has 7 heteroatoms. The average Bonchev–Trinajstić information content (AvgIpc) is 3.27. The highest BCUT2D eigenvalue weighted by Gasteiger charge is 2.46. The molecule has 0 bridgehead atoms. The number of hydrogen-bond acceptors (Lipinski definition) is 6. The van der Waals surface area contributed by atoms with Crippen LogP contribution in [0.3, 0.4) is 0 Å². The van der Waals surface area contributed by atoms with Crippen molar-refractivity contribution in [2.24, 2.45) is 5.92 Å². The molecule has 0 N–H and O–H groups in total. The number of aromatic nitrogens is 2. The fourth-order valence-electron chi connectivity index (χ4n) is 4.26. The van der Waals surface area contributed by atoms with E-state index in [1.54, 1.807) is 13.2 Å². The molecule has 4 rings (SSSR count). The number of likely N-dealkylation sites (tertiary alicyclic amines) is 2. The molecule has 0 aromatic carbocycles. The van der Waals surface area contributed by atoms with E-state index in [1.807, 2.05) is 36.4 Å². The Labute approximate surface area is 152 Å². The predicted octanol–water partition coefficient (Wildman–Crippen LogP) is 1.74. The summed E-state index contributed by atoms with van der Waals surface area (Å²) in [5, 5.41) is 3.86. The number of carbonyl (C=O) groups excluding carboxylic acids is 1. The van der Waals surface area contributed by atoms with Crippen LogP contribution in [-0.2, 0) is 11.3 Å². The lowest BCUT2D eigenvalue weighted by Gasteiger charge is -2.40. The molecule has 2 aromatic rings. The first-order chi connectivity index (χ1) is 12.7. The number of methoxy groups -OCH3 is 1. The summed E-state index contributed by atoms with van der Waals surface area (Å²) in [7, 11) is 1.77. The van der Waals surface area contributed by atoms with E-state index in [4.69, 9.17) is 9.26 Å². The monoisotopic (exact) mass is 356 g/mol. The number of nitrogens with zero attached hydrogens (tertiary/aromatic N) is 4. The number of fused-ring (bicyclic) bond motifs is 1. The molecule has 26 heavy (non-hydrogen) atoms. The molecule has 2 aromatic heterocycles. The van der Waals surface area contributed by atoms with Crippen molar-refractivity contribution >= 4 is 5.91 Å². The zero-order valence-electron chi connectivity index (χ0n) is 15.2. The maximum absolute atomic E-state index is 12.9. The Kier molecular flexibility index (Phi) is 4.74. The lowest BCUT2D eigenvalue weighted by atomic mass is 9.89. The second kappa shape index (κ2) is 7.17. The van der Waals surface area contributed by atoms with Crippen LogP contribution in [0.15, 0.2) is 35.1 Å². The zero-order valence-corrected chi connectivity index (χ0v) is 15.2. The van der Waals surface area contributed by atoms with Crippen LogP contribution in [0, 0.1) is 12.8 Å². The number of piperidine rings is 1. The van der Waals surface area contributed by atoms with E-state index in [-0.39, 0.29) is 18.1 Å². The minimum atomic E-state index is -0.0686. The average molecular weight is 356 g/mol. The lowest BCUT2D eigenvalue weighted by Crippen LogP contribution is -2.53. The largest absolute Gasteiger partial charge is 0.381 e. The van der Waals surface area contributed by atoms with E-state index in [9.17, 15) is 4.79 Å². The number of rotatable bonds is 4. The first-order valence-electron chi connectivity index (χ1n) is 9.04. The molecule has 2 saturated heterocycles. The molecule has 2 fully saturated rings. The summed E-state index contributed by atoms with van der Waals surface area (Å²) in [5.74, 6) is 0.564. The minimum absolute atomic E-state index is 0.0686. The summed E-state index contributed by atoms with van der Waals surface area (Å²) in [6, 6.07) is 5.92. The third kappa shape index (κ3) is 3.24. The second-order valence-electron chi connectivity index (χ2n) is 7.17. The number of amides is 1. The fraction of sp³-hybridized carbons (Fsp3) is 0.526. The smallest absolute Gasteiger partial charge is 0.292 e. The molecule has 3 atom stereocenters. The summed E-state index contributed by atoms with van der Waals surface area (Å²) in [5.41, 5.74) is 1.96. The van der Waals surface area contributed by atoms with Gasteiger partial charge in [0.05, 0.1) is 17.8 Å². The van der Waals surface area contributed by atoms with Crippen LogP contribution in [-0.4, -0.2) is 64.7 Å². The highest BCUT2D eigenvalue weighted by Crippen LogP contribution is 2.34. The van der Waals surface area contributed by atoms with Gasteiger partial charge in [-0.2, -0.15) is 0 Å². The molecule has 2 aliphatic rings. The van der Waals surface area contributed by atoms with Gasteiger partial charge in [-0.1, -0.05) is 5.16 Å². The van der Waals surface area contributed by atoms with E-state index < -0.39 is 0 Å². The van der Waals surface area contributed by atoms with Gasteiger partial charge in [-0.25, -0.2) is 0 Å². The van der Waals surface area contributed by atoms with E-state index in [0.717, 1.165) is 31.7 Å². The van der Waals surface area contributed by atoms with E-state index in [2.05, 4.69) is 15.0 Å². The van der Waals surface area contributed by atoms with Gasteiger partial charge in [0, 0.05) is 57.7 Å². The maximum atomic E-state index is 12.9. The van der Waals surface area contributed by atoms with Crippen molar-refractivity contribution in [3.8, 4) is 0 Å². The zero-order chi connectivity index (χ0) is 18.1. The standard InChI is InChI=1S/C19H24N4O3/c1-13-9-18(26-21-13)19(24)23-8-5-17(25-2)15-11-22(12-16(15)23)10-14-3-6-20-7-4-14/h3-4,6-7,9,15-17H,5,8,10-12H2,1-2H3/t15-,16+,17-/m1/s1. The topological polar surface area (TPSA) is 71.7 Å². The van der Waals surface area contributed by atoms with Gasteiger partial charge in [0.1, 0.15) is 0 Å². The van der Waals surface area contributed by atoms with Gasteiger partial charge in [-0.05, 0) is 31.0 Å². The molecular formula is C19H24N4O3. The lowest BCUT2D eigenvalue weighted by molar-refractivity contribution is -0.0168. The van der Waals surface area contributed by atoms with Gasteiger partial charge in [0.25, 0.3) is 5.91 Å². The maximum Gasteiger partial charge on any atom is 0.292 e. The van der Waals surface area contributed by atoms with E-state index >= 15 is 0 Å². The molecule has 7 nitrogen and oxygen atoms in total. The molecule has 0 saturated carbocycles. The second-order valence-corrected chi connectivity index (χ2v) is 7.17. The summed E-state index contributed by atoms with van der Waals surface area (Å²) in [6.07, 6.45) is 4.67. The van der Waals surface area contributed by atoms with Crippen LogP contribution in [0.1, 0.15) is 28.2 Å². The van der Waals surface area contributed by atoms with Crippen molar-refractivity contribution in [3.05, 3.63) is 47.6 Å². The Hall–Kier alpha value is -2.25. The van der Waals surface area contributed by atoms with Crippen LogP contribution >= 0.6 is 0 Å². The van der Waals surface area contributed by atoms with Crippen LogP contribution in [0.4, 0.5) is 0 Å². The molecule has 0 spiro atoms. The van der Waals surface area contributed by atoms with Crippen molar-refractivity contribution in [2.45, 2.75) is 32.0 Å². The molecule has 0 aliphatic carbocycles. The van der Waals surface area contributed by atoms with Crippen molar-refractivity contribution in [2.75, 3.05) is 26.7 Å². The van der Waals surface area contributed by atoms with Crippen molar-refractivity contribution < 1.29 is 14.1 Å². The molecular weight excluding hydrogens is 332 g/mol. The number of ether oxygens (including phenoxy) is 1. The van der Waals surface area contributed by atoms with Crippen LogP contribution < -0.4 is 0 Å². The Balaban J connectivity index is 1.52. The van der Waals surface area contributed by atoms with Crippen molar-refractivity contribution in [3.63, 3.8) is 0 Å². The Morgan fingerprint density at radius 1 is 1.35 bits per heavy atom. The molecule has 4 heterocycles. The number of aryl methyl sites for hydroxylation is 1. The molecule has 0 unspecified atom stereocenters. The normalized spacial score (nSPS) is 26.1. The quantitative estimate of drug-likeness (QED) is 0.831. The van der Waals surface area contributed by atoms with Gasteiger partial charge in [0.15, 0.2) is 0 Å². The molecule has 2 aliphatic heterocycles. The summed E-state index contributed by atoms with van der Waals surface area (Å²) in [6.45, 7) is 5.12. The summed E-state index contributed by atoms with van der Waals surface area (Å²) < 4.78 is 10.9. The third-order valence-corrected chi connectivity index (χ3v) is 5.50. The van der Waals surface area contributed by atoms with Gasteiger partial charge >= 0.3 is 0 Å². The van der Waals surface area contributed by atoms with Crippen molar-refractivity contribution in [1.82, 2.24) is 19.9 Å². The molecule has 1 amide bonds. The number of carbonyl (C=O) groups is 1. The Morgan fingerprint density at radius 3 is 2.85 bits per heavy atom. The first-order valence-corrected chi connectivity index (χ1v) is 9.04. The van der Waals surface area contributed by atoms with E-state index in [1.165, 1.54) is 5.56 Å². The fourth-order valence-corrected chi connectivity index (χ4v) is 4.26. The minimum Gasteiger partial charge on any atom is -0.381 e. The Morgan fingerprint density at radius 2 is 2.15 bits per heavy atom. The van der Waals surface area contributed by atoms with Crippen molar-refractivity contribution in [1.29, 1.82) is 0 Å². The van der Waals surface area contributed by atoms with Crippen LogP contribution in [0.25, 0.3) is 0 Å². The van der Waals surface area contributed by atoms with Crippen LogP contribution in [0.5, 0.6) is 0 Å². The van der Waals surface area contributed by atoms with Gasteiger partial charge in [-0.15, -0.1) is 0 Å². The molecule has 0 radical (unpaired) electrons. The van der Waals surface area contributed by atoms with E-state index in [0.29, 0.717) is 18.2 Å². The number of pyridine rings is 1. The van der Waals surface area contributed by atoms with Gasteiger partial charge in [0.2, 0.25) is 5.76 Å². The highest BCUT2D eigenvalue weighted by atomic mass is 16.5. The first kappa shape index (κ1) is 17.2. The summed E-state index contributed by atoms with van der Waals surface area (Å²) in [4.78, 5) is 21.4. The summed E-state index contributed by atoms with van der Waals surface area (Å²) >= 11 is 0. The Bertz CT molecular complexity index is 763. The third-order valence-electron chi connectivity index (χ3n) is 5.50. The number of hydrogen-bond donors (Lipinski definition) is 0. The SMILES string of the molecule is CO[C@@H]1CCN(C(=O)c2cc(C)no2)[C@H]2CN(Cc3ccncc3)C[C@@H]12. The molecule has 138 valence electrons.